The molecule has 0 aliphatic carbocycles. The lowest BCUT2D eigenvalue weighted by atomic mass is 9.93. The van der Waals surface area contributed by atoms with Crippen molar-refractivity contribution in [2.24, 2.45) is 5.92 Å². The van der Waals surface area contributed by atoms with Crippen LogP contribution in [0.4, 0.5) is 0 Å². The van der Waals surface area contributed by atoms with Crippen LogP contribution < -0.4 is 5.32 Å². The predicted molar refractivity (Wildman–Crippen MR) is 71.9 cm³/mol. The van der Waals surface area contributed by atoms with Crippen molar-refractivity contribution >= 4 is 5.91 Å². The maximum Gasteiger partial charge on any atom is 0.222 e. The molecule has 98 valence electrons. The third kappa shape index (κ3) is 5.35. The first-order chi connectivity index (χ1) is 8.13. The second-order valence-corrected chi connectivity index (χ2v) is 5.10. The Hall–Kier alpha value is -0.830. The Labute approximate surface area is 105 Å². The fraction of sp³-hybridized carbons (Fsp3) is 0.786. The van der Waals surface area contributed by atoms with Gasteiger partial charge in [-0.25, -0.2) is 0 Å². The molecule has 1 saturated heterocycles. The first-order valence-corrected chi connectivity index (χ1v) is 6.76. The van der Waals surface area contributed by atoms with Gasteiger partial charge in [0.05, 0.1) is 0 Å². The summed E-state index contributed by atoms with van der Waals surface area (Å²) in [4.78, 5) is 13.9. The first kappa shape index (κ1) is 14.2. The Kier molecular flexibility index (Phi) is 6.27. The van der Waals surface area contributed by atoms with Crippen molar-refractivity contribution in [2.75, 3.05) is 26.2 Å². The van der Waals surface area contributed by atoms with Crippen LogP contribution in [0.1, 0.15) is 39.5 Å². The van der Waals surface area contributed by atoms with E-state index in [4.69, 9.17) is 0 Å². The minimum Gasteiger partial charge on any atom is -0.339 e. The first-order valence-electron chi connectivity index (χ1n) is 6.76. The molecule has 0 unspecified atom stereocenters. The maximum absolute atomic E-state index is 12.0. The molecule has 0 aromatic heterocycles. The molecule has 0 bridgehead atoms. The molecule has 0 radical (unpaired) electrons. The normalized spacial score (nSPS) is 16.8. The fourth-order valence-electron chi connectivity index (χ4n) is 2.36. The molecule has 3 nitrogen and oxygen atoms in total. The van der Waals surface area contributed by atoms with E-state index in [-0.39, 0.29) is 5.91 Å². The Morgan fingerprint density at radius 2 is 2.06 bits per heavy atom. The van der Waals surface area contributed by atoms with Gasteiger partial charge in [0.15, 0.2) is 0 Å². The topological polar surface area (TPSA) is 32.3 Å². The van der Waals surface area contributed by atoms with Crippen molar-refractivity contribution in [3.8, 4) is 0 Å². The van der Waals surface area contributed by atoms with Gasteiger partial charge in [0, 0.05) is 19.5 Å². The number of amides is 1. The number of nitrogens with zero attached hydrogens (tertiary/aromatic N) is 1. The van der Waals surface area contributed by atoms with E-state index in [1.54, 1.807) is 0 Å². The van der Waals surface area contributed by atoms with Gasteiger partial charge >= 0.3 is 0 Å². The van der Waals surface area contributed by atoms with Gasteiger partial charge < -0.3 is 10.2 Å². The average Bonchev–Trinajstić information content (AvgIpc) is 2.34. The number of hydrogen-bond donors (Lipinski definition) is 1. The fourth-order valence-corrected chi connectivity index (χ4v) is 2.36. The van der Waals surface area contributed by atoms with Gasteiger partial charge in [0.1, 0.15) is 0 Å². The molecular formula is C14H26N2O. The summed E-state index contributed by atoms with van der Waals surface area (Å²) in [7, 11) is 0. The van der Waals surface area contributed by atoms with Crippen LogP contribution in [0.25, 0.3) is 0 Å². The Morgan fingerprint density at radius 1 is 1.41 bits per heavy atom. The minimum atomic E-state index is 0.286. The molecule has 17 heavy (non-hydrogen) atoms. The molecule has 1 heterocycles. The highest BCUT2D eigenvalue weighted by molar-refractivity contribution is 5.76. The Bertz CT molecular complexity index is 257. The highest BCUT2D eigenvalue weighted by Crippen LogP contribution is 2.18. The van der Waals surface area contributed by atoms with E-state index in [2.05, 4.69) is 11.9 Å². The Balaban J connectivity index is 2.28. The summed E-state index contributed by atoms with van der Waals surface area (Å²) in [6, 6.07) is 0. The Morgan fingerprint density at radius 3 is 2.59 bits per heavy atom. The van der Waals surface area contributed by atoms with E-state index in [0.29, 0.717) is 13.0 Å². The van der Waals surface area contributed by atoms with Crippen LogP contribution in [0, 0.1) is 5.92 Å². The number of likely N-dealkylation sites (N-methyl/N-ethyl adjacent to an activating group) is 1. The average molecular weight is 238 g/mol. The molecule has 0 aromatic rings. The zero-order chi connectivity index (χ0) is 12.7. The van der Waals surface area contributed by atoms with E-state index >= 15 is 0 Å². The van der Waals surface area contributed by atoms with Crippen LogP contribution in [-0.4, -0.2) is 37.0 Å². The quantitative estimate of drug-likeness (QED) is 0.719. The van der Waals surface area contributed by atoms with Crippen LogP contribution in [-0.2, 0) is 4.79 Å². The van der Waals surface area contributed by atoms with Crippen LogP contribution in [0.5, 0.6) is 0 Å². The summed E-state index contributed by atoms with van der Waals surface area (Å²) in [5.74, 6) is 1.03. The largest absolute Gasteiger partial charge is 0.339 e. The predicted octanol–water partition coefficient (Wildman–Crippen LogP) is 2.19. The smallest absolute Gasteiger partial charge is 0.222 e. The number of nitrogens with one attached hydrogen (secondary N) is 1. The van der Waals surface area contributed by atoms with Gasteiger partial charge in [-0.1, -0.05) is 12.2 Å². The van der Waals surface area contributed by atoms with E-state index in [1.807, 2.05) is 18.7 Å². The molecule has 1 amide bonds. The standard InChI is InChI=1S/C14H26N2O/c1-4-16(11-12(2)3)14(17)6-5-13-7-9-15-10-8-13/h13,15H,2,4-11H2,1,3H3. The molecule has 1 aliphatic heterocycles. The van der Waals surface area contributed by atoms with Crippen molar-refractivity contribution in [1.29, 1.82) is 0 Å². The highest BCUT2D eigenvalue weighted by Gasteiger charge is 2.17. The molecule has 1 aliphatic rings. The van der Waals surface area contributed by atoms with Crippen LogP contribution >= 0.6 is 0 Å². The number of piperidine rings is 1. The van der Waals surface area contributed by atoms with Crippen molar-refractivity contribution in [2.45, 2.75) is 39.5 Å². The summed E-state index contributed by atoms with van der Waals surface area (Å²) in [5.41, 5.74) is 1.06. The lowest BCUT2D eigenvalue weighted by molar-refractivity contribution is -0.131. The van der Waals surface area contributed by atoms with Gasteiger partial charge in [-0.2, -0.15) is 0 Å². The molecule has 0 aromatic carbocycles. The molecule has 1 N–H and O–H groups in total. The number of rotatable bonds is 6. The third-order valence-corrected chi connectivity index (χ3v) is 3.42. The van der Waals surface area contributed by atoms with Crippen LogP contribution in [0.15, 0.2) is 12.2 Å². The molecule has 1 fully saturated rings. The molecule has 0 saturated carbocycles. The molecule has 1 rings (SSSR count). The summed E-state index contributed by atoms with van der Waals surface area (Å²) < 4.78 is 0. The third-order valence-electron chi connectivity index (χ3n) is 3.42. The SMILES string of the molecule is C=C(C)CN(CC)C(=O)CCC1CCNCC1. The highest BCUT2D eigenvalue weighted by atomic mass is 16.2. The van der Waals surface area contributed by atoms with Crippen molar-refractivity contribution in [1.82, 2.24) is 10.2 Å². The number of carbonyl (C=O) groups is 1. The van der Waals surface area contributed by atoms with Gasteiger partial charge in [0.2, 0.25) is 5.91 Å². The summed E-state index contributed by atoms with van der Waals surface area (Å²) in [6.45, 7) is 11.6. The minimum absolute atomic E-state index is 0.286. The monoisotopic (exact) mass is 238 g/mol. The molecule has 3 heteroatoms. The van der Waals surface area contributed by atoms with Gasteiger partial charge in [-0.05, 0) is 52.1 Å². The van der Waals surface area contributed by atoms with Gasteiger partial charge in [-0.3, -0.25) is 4.79 Å². The zero-order valence-electron chi connectivity index (χ0n) is 11.3. The zero-order valence-corrected chi connectivity index (χ0v) is 11.3. The van der Waals surface area contributed by atoms with Crippen LogP contribution in [0.3, 0.4) is 0 Å². The van der Waals surface area contributed by atoms with E-state index in [0.717, 1.165) is 37.5 Å². The molecule has 0 atom stereocenters. The summed E-state index contributed by atoms with van der Waals surface area (Å²) in [6.07, 6.45) is 4.19. The lowest BCUT2D eigenvalue weighted by Gasteiger charge is -2.25. The second kappa shape index (κ2) is 7.49. The van der Waals surface area contributed by atoms with Crippen molar-refractivity contribution < 1.29 is 4.79 Å². The van der Waals surface area contributed by atoms with Crippen molar-refractivity contribution in [3.63, 3.8) is 0 Å². The molecular weight excluding hydrogens is 212 g/mol. The van der Waals surface area contributed by atoms with Gasteiger partial charge in [0.25, 0.3) is 0 Å². The lowest BCUT2D eigenvalue weighted by Crippen LogP contribution is -2.33. The van der Waals surface area contributed by atoms with Gasteiger partial charge in [-0.15, -0.1) is 0 Å². The van der Waals surface area contributed by atoms with Crippen molar-refractivity contribution in [3.05, 3.63) is 12.2 Å². The maximum atomic E-state index is 12.0. The summed E-state index contributed by atoms with van der Waals surface area (Å²) >= 11 is 0. The number of carbonyl (C=O) groups excluding carboxylic acids is 1. The van der Waals surface area contributed by atoms with Crippen LogP contribution in [0.2, 0.25) is 0 Å². The van der Waals surface area contributed by atoms with E-state index < -0.39 is 0 Å². The van der Waals surface area contributed by atoms with E-state index in [1.165, 1.54) is 12.8 Å². The summed E-state index contributed by atoms with van der Waals surface area (Å²) in [5, 5.41) is 3.36. The van der Waals surface area contributed by atoms with E-state index in [9.17, 15) is 4.79 Å². The second-order valence-electron chi connectivity index (χ2n) is 5.10. The number of hydrogen-bond acceptors (Lipinski definition) is 2. The molecule has 0 spiro atoms.